The van der Waals surface area contributed by atoms with Crippen LogP contribution in [0.2, 0.25) is 0 Å². The molecule has 0 spiro atoms. The van der Waals surface area contributed by atoms with Gasteiger partial charge in [-0.2, -0.15) is 5.26 Å². The van der Waals surface area contributed by atoms with Gasteiger partial charge in [0.15, 0.2) is 0 Å². The van der Waals surface area contributed by atoms with Crippen LogP contribution in [0.1, 0.15) is 31.9 Å². The molecule has 0 heterocycles. The molecule has 0 aromatic heterocycles. The molecule has 0 saturated carbocycles. The second-order valence-corrected chi connectivity index (χ2v) is 6.31. The number of ether oxygens (including phenoxy) is 1. The van der Waals surface area contributed by atoms with Crippen LogP contribution in [-0.2, 0) is 23.1 Å². The largest absolute Gasteiger partial charge is 0.462 e. The molecule has 124 valence electrons. The molecule has 1 aromatic carbocycles. The van der Waals surface area contributed by atoms with Gasteiger partial charge in [0.25, 0.3) is 0 Å². The van der Waals surface area contributed by atoms with Crippen LogP contribution < -0.4 is 0 Å². The first kappa shape index (κ1) is 19.1. The predicted octanol–water partition coefficient (Wildman–Crippen LogP) is 3.73. The van der Waals surface area contributed by atoms with Crippen molar-refractivity contribution in [2.45, 2.75) is 20.8 Å². The highest BCUT2D eigenvalue weighted by Crippen LogP contribution is 2.57. The summed E-state index contributed by atoms with van der Waals surface area (Å²) in [6.07, 6.45) is 1.41. The van der Waals surface area contributed by atoms with Crippen LogP contribution in [0.4, 0.5) is 0 Å². The Kier molecular flexibility index (Phi) is 7.70. The lowest BCUT2D eigenvalue weighted by atomic mass is 10.1. The summed E-state index contributed by atoms with van der Waals surface area (Å²) in [5.41, 5.74) is 1.07. The minimum absolute atomic E-state index is 0.126. The topological polar surface area (TPSA) is 85.6 Å². The third kappa shape index (κ3) is 5.33. The fourth-order valence-corrected chi connectivity index (χ4v) is 3.41. The monoisotopic (exact) mass is 337 g/mol. The lowest BCUT2D eigenvalue weighted by molar-refractivity contribution is -0.137. The highest BCUT2D eigenvalue weighted by Gasteiger charge is 2.36. The average Bonchev–Trinajstić information content (AvgIpc) is 2.53. The maximum absolute atomic E-state index is 12.9. The molecule has 0 aliphatic rings. The van der Waals surface area contributed by atoms with E-state index in [9.17, 15) is 9.36 Å². The molecule has 23 heavy (non-hydrogen) atoms. The van der Waals surface area contributed by atoms with Crippen molar-refractivity contribution in [1.82, 2.24) is 0 Å². The zero-order valence-electron chi connectivity index (χ0n) is 13.4. The van der Waals surface area contributed by atoms with Gasteiger partial charge in [0.05, 0.1) is 31.5 Å². The van der Waals surface area contributed by atoms with Crippen LogP contribution in [-0.4, -0.2) is 25.8 Å². The smallest absolute Gasteiger partial charge is 0.368 e. The molecule has 0 N–H and O–H groups in total. The quantitative estimate of drug-likeness (QED) is 0.408. The van der Waals surface area contributed by atoms with E-state index in [-0.39, 0.29) is 25.1 Å². The highest BCUT2D eigenvalue weighted by atomic mass is 31.2. The predicted molar refractivity (Wildman–Crippen MR) is 86.6 cm³/mol. The van der Waals surface area contributed by atoms with Gasteiger partial charge in [-0.15, -0.1) is 0 Å². The summed E-state index contributed by atoms with van der Waals surface area (Å²) in [5.74, 6) is -0.748. The molecule has 0 aliphatic heterocycles. The first-order valence-corrected chi connectivity index (χ1v) is 8.83. The summed E-state index contributed by atoms with van der Waals surface area (Å²) >= 11 is 0. The molecular formula is C16H20NO5P. The third-order valence-corrected chi connectivity index (χ3v) is 4.82. The van der Waals surface area contributed by atoms with E-state index in [1.54, 1.807) is 45.0 Å². The summed E-state index contributed by atoms with van der Waals surface area (Å²) in [4.78, 5) is 12.2. The molecule has 0 aliphatic carbocycles. The van der Waals surface area contributed by atoms with Crippen molar-refractivity contribution in [3.05, 3.63) is 40.7 Å². The first-order valence-electron chi connectivity index (χ1n) is 7.29. The summed E-state index contributed by atoms with van der Waals surface area (Å²) in [7, 11) is -3.78. The summed E-state index contributed by atoms with van der Waals surface area (Å²) in [6.45, 7) is 5.38. The van der Waals surface area contributed by atoms with Gasteiger partial charge in [0.2, 0.25) is 0 Å². The molecule has 6 nitrogen and oxygen atoms in total. The third-order valence-electron chi connectivity index (χ3n) is 2.72. The van der Waals surface area contributed by atoms with Crippen molar-refractivity contribution in [2.75, 3.05) is 19.8 Å². The molecule has 0 radical (unpaired) electrons. The van der Waals surface area contributed by atoms with Gasteiger partial charge >= 0.3 is 13.6 Å². The van der Waals surface area contributed by atoms with Gasteiger partial charge in [-0.3, -0.25) is 4.57 Å². The minimum Gasteiger partial charge on any atom is -0.462 e. The maximum Gasteiger partial charge on any atom is 0.368 e. The fraction of sp³-hybridized carbons (Fsp3) is 0.375. The molecule has 0 fully saturated rings. The van der Waals surface area contributed by atoms with Gasteiger partial charge in [-0.25, -0.2) is 4.79 Å². The normalized spacial score (nSPS) is 11.8. The van der Waals surface area contributed by atoms with Gasteiger partial charge in [-0.1, -0.05) is 12.1 Å². The molecular weight excluding hydrogens is 317 g/mol. The number of hydrogen-bond acceptors (Lipinski definition) is 6. The number of nitrogens with zero attached hydrogens (tertiary/aromatic N) is 1. The van der Waals surface area contributed by atoms with E-state index in [4.69, 9.17) is 19.0 Å². The number of carbonyl (C=O) groups excluding carboxylic acids is 1. The number of nitriles is 1. The SMILES string of the molecule is CCOC(=O)/C(=C\c1ccc(C#N)cc1)P(=O)(OCC)OCC. The van der Waals surface area contributed by atoms with Crippen molar-refractivity contribution in [2.24, 2.45) is 0 Å². The summed E-state index contributed by atoms with van der Waals surface area (Å²) in [5, 5.41) is 8.65. The Hall–Kier alpha value is -1.93. The van der Waals surface area contributed by atoms with Gasteiger partial charge < -0.3 is 13.8 Å². The van der Waals surface area contributed by atoms with Crippen molar-refractivity contribution in [3.8, 4) is 6.07 Å². The van der Waals surface area contributed by atoms with Crippen LogP contribution in [0.25, 0.3) is 6.08 Å². The Balaban J connectivity index is 3.32. The molecule has 0 amide bonds. The van der Waals surface area contributed by atoms with Crippen LogP contribution in [0.5, 0.6) is 0 Å². The molecule has 0 atom stereocenters. The Morgan fingerprint density at radius 1 is 1.13 bits per heavy atom. The molecule has 0 unspecified atom stereocenters. The Labute approximate surface area is 136 Å². The van der Waals surface area contributed by atoms with E-state index in [2.05, 4.69) is 0 Å². The highest BCUT2D eigenvalue weighted by molar-refractivity contribution is 7.60. The lowest BCUT2D eigenvalue weighted by Crippen LogP contribution is -2.11. The number of esters is 1. The minimum atomic E-state index is -3.78. The fourth-order valence-electron chi connectivity index (χ4n) is 1.78. The lowest BCUT2D eigenvalue weighted by Gasteiger charge is -2.19. The maximum atomic E-state index is 12.9. The number of carbonyl (C=O) groups is 1. The van der Waals surface area contributed by atoms with Crippen LogP contribution in [0.3, 0.4) is 0 Å². The van der Waals surface area contributed by atoms with Crippen molar-refractivity contribution >= 4 is 19.6 Å². The molecule has 7 heteroatoms. The Morgan fingerprint density at radius 2 is 1.70 bits per heavy atom. The zero-order valence-corrected chi connectivity index (χ0v) is 14.3. The second kappa shape index (κ2) is 9.26. The molecule has 1 rings (SSSR count). The Bertz CT molecular complexity index is 635. The van der Waals surface area contributed by atoms with Crippen LogP contribution >= 0.6 is 7.60 Å². The van der Waals surface area contributed by atoms with Crippen LogP contribution in [0, 0.1) is 11.3 Å². The van der Waals surface area contributed by atoms with Gasteiger partial charge in [0, 0.05) is 0 Å². The van der Waals surface area contributed by atoms with Gasteiger partial charge in [0.1, 0.15) is 5.31 Å². The zero-order chi connectivity index (χ0) is 17.3. The standard InChI is InChI=1S/C16H20NO5P/c1-4-20-16(18)15(23(19,21-5-2)22-6-3)11-13-7-9-14(12-17)10-8-13/h7-11H,4-6H2,1-3H3/b15-11+. The number of benzene rings is 1. The summed E-state index contributed by atoms with van der Waals surface area (Å²) in [6, 6.07) is 8.48. The number of rotatable bonds is 8. The van der Waals surface area contributed by atoms with Crippen molar-refractivity contribution in [3.63, 3.8) is 0 Å². The van der Waals surface area contributed by atoms with E-state index in [0.29, 0.717) is 11.1 Å². The van der Waals surface area contributed by atoms with Gasteiger partial charge in [-0.05, 0) is 44.5 Å². The molecule has 0 saturated heterocycles. The van der Waals surface area contributed by atoms with Crippen molar-refractivity contribution in [1.29, 1.82) is 5.26 Å². The van der Waals surface area contributed by atoms with E-state index < -0.39 is 13.6 Å². The Morgan fingerprint density at radius 3 is 2.13 bits per heavy atom. The molecule has 0 bridgehead atoms. The molecule has 1 aromatic rings. The van der Waals surface area contributed by atoms with E-state index in [1.807, 2.05) is 6.07 Å². The van der Waals surface area contributed by atoms with E-state index in [1.165, 1.54) is 6.08 Å². The summed E-state index contributed by atoms with van der Waals surface area (Å²) < 4.78 is 28.3. The van der Waals surface area contributed by atoms with Crippen LogP contribution in [0.15, 0.2) is 29.6 Å². The average molecular weight is 337 g/mol. The second-order valence-electron chi connectivity index (χ2n) is 4.32. The first-order chi connectivity index (χ1) is 11.0. The van der Waals surface area contributed by atoms with E-state index >= 15 is 0 Å². The number of hydrogen-bond donors (Lipinski definition) is 0. The van der Waals surface area contributed by atoms with Crippen molar-refractivity contribution < 1.29 is 23.1 Å². The van der Waals surface area contributed by atoms with E-state index in [0.717, 1.165) is 0 Å².